The first-order valence-corrected chi connectivity index (χ1v) is 6.78. The van der Waals surface area contributed by atoms with Gasteiger partial charge in [-0.3, -0.25) is 0 Å². The summed E-state index contributed by atoms with van der Waals surface area (Å²) in [5.41, 5.74) is 4.22. The molecule has 86 valence electrons. The van der Waals surface area contributed by atoms with Crippen molar-refractivity contribution in [1.82, 2.24) is 9.38 Å². The zero-order valence-corrected chi connectivity index (χ0v) is 10.9. The topological polar surface area (TPSA) is 17.3 Å². The number of aromatic nitrogens is 2. The molecule has 0 aliphatic carbocycles. The van der Waals surface area contributed by atoms with Crippen LogP contribution in [0.4, 0.5) is 0 Å². The third-order valence-electron chi connectivity index (χ3n) is 2.75. The molecule has 0 saturated heterocycles. The number of halogens is 1. The molecule has 17 heavy (non-hydrogen) atoms. The van der Waals surface area contributed by atoms with Gasteiger partial charge in [0.25, 0.3) is 0 Å². The van der Waals surface area contributed by atoms with E-state index in [1.54, 1.807) is 11.3 Å². The molecule has 0 radical (unpaired) electrons. The summed E-state index contributed by atoms with van der Waals surface area (Å²) < 4.78 is 2.08. The number of alkyl halides is 1. The quantitative estimate of drug-likeness (QED) is 0.636. The lowest BCUT2D eigenvalue weighted by molar-refractivity contribution is 1.07. The van der Waals surface area contributed by atoms with Crippen LogP contribution >= 0.6 is 22.9 Å². The fourth-order valence-electron chi connectivity index (χ4n) is 1.94. The molecular weight excluding hydrogens is 252 g/mol. The van der Waals surface area contributed by atoms with Gasteiger partial charge < -0.3 is 4.40 Å². The van der Waals surface area contributed by atoms with Crippen molar-refractivity contribution in [3.05, 3.63) is 47.1 Å². The second kappa shape index (κ2) is 4.17. The molecule has 4 heteroatoms. The second-order valence-corrected chi connectivity index (χ2v) is 5.17. The smallest absolute Gasteiger partial charge is 0.137 e. The summed E-state index contributed by atoms with van der Waals surface area (Å²) in [7, 11) is 0. The summed E-state index contributed by atoms with van der Waals surface area (Å²) in [5.74, 6) is 0.470. The van der Waals surface area contributed by atoms with Crippen LogP contribution in [0.3, 0.4) is 0 Å². The first-order chi connectivity index (χ1) is 8.29. The van der Waals surface area contributed by atoms with Crippen LogP contribution in [-0.2, 0) is 5.88 Å². The molecule has 0 aliphatic rings. The fourth-order valence-corrected chi connectivity index (χ4v) is 2.93. The molecule has 0 unspecified atom stereocenters. The van der Waals surface area contributed by atoms with Crippen molar-refractivity contribution < 1.29 is 0 Å². The molecule has 0 bridgehead atoms. The first-order valence-electron chi connectivity index (χ1n) is 5.37. The standard InChI is InChI=1S/C13H11ClN2S/c1-9-4-5-12-15-13(11-3-2-6-17-11)10(7-14)16(12)8-9/h2-6,8H,7H2,1H3. The lowest BCUT2D eigenvalue weighted by Gasteiger charge is -2.00. The van der Waals surface area contributed by atoms with E-state index in [0.717, 1.165) is 17.0 Å². The van der Waals surface area contributed by atoms with E-state index in [0.29, 0.717) is 5.88 Å². The summed E-state index contributed by atoms with van der Waals surface area (Å²) in [6.07, 6.45) is 2.08. The van der Waals surface area contributed by atoms with Crippen LogP contribution in [0.2, 0.25) is 0 Å². The molecule has 0 spiro atoms. The highest BCUT2D eigenvalue weighted by Gasteiger charge is 2.13. The number of thiophene rings is 1. The highest BCUT2D eigenvalue weighted by molar-refractivity contribution is 7.13. The molecule has 0 amide bonds. The number of pyridine rings is 1. The number of aryl methyl sites for hydroxylation is 1. The lowest BCUT2D eigenvalue weighted by atomic mass is 10.3. The number of nitrogens with zero attached hydrogens (tertiary/aromatic N) is 2. The van der Waals surface area contributed by atoms with Gasteiger partial charge in [-0.25, -0.2) is 4.98 Å². The Kier molecular flexibility index (Phi) is 2.65. The number of rotatable bonds is 2. The Morgan fingerprint density at radius 2 is 2.24 bits per heavy atom. The van der Waals surface area contributed by atoms with Gasteiger partial charge in [-0.1, -0.05) is 12.1 Å². The van der Waals surface area contributed by atoms with Crippen molar-refractivity contribution in [3.8, 4) is 10.6 Å². The third-order valence-corrected chi connectivity index (χ3v) is 3.88. The van der Waals surface area contributed by atoms with Gasteiger partial charge in [0.1, 0.15) is 11.3 Å². The van der Waals surface area contributed by atoms with E-state index in [9.17, 15) is 0 Å². The van der Waals surface area contributed by atoms with E-state index in [-0.39, 0.29) is 0 Å². The van der Waals surface area contributed by atoms with Gasteiger partial charge in [-0.05, 0) is 30.0 Å². The van der Waals surface area contributed by atoms with Crippen molar-refractivity contribution >= 4 is 28.6 Å². The Morgan fingerprint density at radius 1 is 1.35 bits per heavy atom. The fraction of sp³-hybridized carbons (Fsp3) is 0.154. The van der Waals surface area contributed by atoms with Crippen LogP contribution in [0.5, 0.6) is 0 Å². The number of imidazole rings is 1. The maximum absolute atomic E-state index is 6.07. The van der Waals surface area contributed by atoms with E-state index in [2.05, 4.69) is 40.0 Å². The summed E-state index contributed by atoms with van der Waals surface area (Å²) in [5, 5.41) is 2.06. The van der Waals surface area contributed by atoms with Crippen molar-refractivity contribution in [2.45, 2.75) is 12.8 Å². The Hall–Kier alpha value is -1.32. The summed E-state index contributed by atoms with van der Waals surface area (Å²) in [4.78, 5) is 5.82. The Balaban J connectivity index is 2.32. The van der Waals surface area contributed by atoms with Gasteiger partial charge in [-0.15, -0.1) is 22.9 Å². The van der Waals surface area contributed by atoms with Crippen LogP contribution in [0, 0.1) is 6.92 Å². The van der Waals surface area contributed by atoms with Gasteiger partial charge in [0, 0.05) is 6.20 Å². The maximum atomic E-state index is 6.07. The summed E-state index contributed by atoms with van der Waals surface area (Å²) >= 11 is 7.76. The van der Waals surface area contributed by atoms with E-state index < -0.39 is 0 Å². The van der Waals surface area contributed by atoms with Crippen molar-refractivity contribution in [1.29, 1.82) is 0 Å². The van der Waals surface area contributed by atoms with E-state index >= 15 is 0 Å². The summed E-state index contributed by atoms with van der Waals surface area (Å²) in [6.45, 7) is 2.07. The highest BCUT2D eigenvalue weighted by Crippen LogP contribution is 2.29. The van der Waals surface area contributed by atoms with Gasteiger partial charge in [-0.2, -0.15) is 0 Å². The predicted molar refractivity (Wildman–Crippen MR) is 72.8 cm³/mol. The molecule has 0 N–H and O–H groups in total. The zero-order valence-electron chi connectivity index (χ0n) is 9.35. The largest absolute Gasteiger partial charge is 0.302 e. The minimum atomic E-state index is 0.470. The van der Waals surface area contributed by atoms with Crippen LogP contribution in [0.15, 0.2) is 35.8 Å². The second-order valence-electron chi connectivity index (χ2n) is 3.95. The Labute approximate surface area is 108 Å². The molecule has 3 aromatic rings. The van der Waals surface area contributed by atoms with Gasteiger partial charge in [0.05, 0.1) is 16.5 Å². The van der Waals surface area contributed by atoms with E-state index in [1.165, 1.54) is 10.4 Å². The van der Waals surface area contributed by atoms with E-state index in [4.69, 9.17) is 11.6 Å². The van der Waals surface area contributed by atoms with Crippen LogP contribution in [0.1, 0.15) is 11.3 Å². The molecule has 2 nitrogen and oxygen atoms in total. The van der Waals surface area contributed by atoms with Gasteiger partial charge in [0.15, 0.2) is 0 Å². The monoisotopic (exact) mass is 262 g/mol. The SMILES string of the molecule is Cc1ccc2nc(-c3cccs3)c(CCl)n2c1. The molecule has 3 rings (SSSR count). The Bertz CT molecular complexity index is 655. The van der Waals surface area contributed by atoms with Crippen molar-refractivity contribution in [3.63, 3.8) is 0 Å². The molecule has 0 aliphatic heterocycles. The normalized spacial score (nSPS) is 11.2. The van der Waals surface area contributed by atoms with Crippen molar-refractivity contribution in [2.24, 2.45) is 0 Å². The minimum absolute atomic E-state index is 0.470. The van der Waals surface area contributed by atoms with Gasteiger partial charge in [0.2, 0.25) is 0 Å². The molecular formula is C13H11ClN2S. The van der Waals surface area contributed by atoms with Crippen LogP contribution < -0.4 is 0 Å². The van der Waals surface area contributed by atoms with E-state index in [1.807, 2.05) is 12.1 Å². The third kappa shape index (κ3) is 1.75. The van der Waals surface area contributed by atoms with Crippen LogP contribution in [0.25, 0.3) is 16.2 Å². The average molecular weight is 263 g/mol. The molecule has 0 aromatic carbocycles. The number of hydrogen-bond donors (Lipinski definition) is 0. The molecule has 3 aromatic heterocycles. The lowest BCUT2D eigenvalue weighted by Crippen LogP contribution is -1.91. The molecule has 0 fully saturated rings. The van der Waals surface area contributed by atoms with Gasteiger partial charge >= 0.3 is 0 Å². The maximum Gasteiger partial charge on any atom is 0.137 e. The number of hydrogen-bond acceptors (Lipinski definition) is 2. The first kappa shape index (κ1) is 10.8. The van der Waals surface area contributed by atoms with Crippen LogP contribution in [-0.4, -0.2) is 9.38 Å². The highest BCUT2D eigenvalue weighted by atomic mass is 35.5. The molecule has 0 atom stereocenters. The minimum Gasteiger partial charge on any atom is -0.302 e. The number of fused-ring (bicyclic) bond motifs is 1. The summed E-state index contributed by atoms with van der Waals surface area (Å²) in [6, 6.07) is 8.21. The molecule has 3 heterocycles. The average Bonchev–Trinajstić information content (AvgIpc) is 2.94. The zero-order chi connectivity index (χ0) is 11.8. The molecule has 0 saturated carbocycles. The van der Waals surface area contributed by atoms with Crippen molar-refractivity contribution in [2.75, 3.05) is 0 Å². The predicted octanol–water partition coefficient (Wildman–Crippen LogP) is 4.11. The Morgan fingerprint density at radius 3 is 2.94 bits per heavy atom.